The topological polar surface area (TPSA) is 79.7 Å². The normalized spacial score (nSPS) is 10.9. The van der Waals surface area contributed by atoms with Crippen LogP contribution in [0.15, 0.2) is 60.9 Å². The predicted octanol–water partition coefficient (Wildman–Crippen LogP) is 3.66. The summed E-state index contributed by atoms with van der Waals surface area (Å²) in [7, 11) is 1.91. The number of hydrogen-bond donors (Lipinski definition) is 1. The van der Waals surface area contributed by atoms with Gasteiger partial charge >= 0.3 is 0 Å². The quantitative estimate of drug-likeness (QED) is 0.536. The van der Waals surface area contributed by atoms with Gasteiger partial charge in [-0.15, -0.1) is 0 Å². The van der Waals surface area contributed by atoms with Gasteiger partial charge in [0.15, 0.2) is 0 Å². The van der Waals surface area contributed by atoms with E-state index in [-0.39, 0.29) is 5.91 Å². The molecule has 4 aromatic rings. The molecule has 0 radical (unpaired) electrons. The van der Waals surface area contributed by atoms with Crippen molar-refractivity contribution in [3.63, 3.8) is 0 Å². The van der Waals surface area contributed by atoms with Crippen LogP contribution in [0.1, 0.15) is 33.1 Å². The molecule has 1 amide bonds. The number of imidazole rings is 1. The smallest absolute Gasteiger partial charge is 0.273 e. The summed E-state index contributed by atoms with van der Waals surface area (Å²) in [4.78, 5) is 27.1. The van der Waals surface area contributed by atoms with Crippen molar-refractivity contribution in [2.24, 2.45) is 7.05 Å². The maximum absolute atomic E-state index is 13.3. The van der Waals surface area contributed by atoms with Gasteiger partial charge in [0, 0.05) is 30.1 Å². The molecule has 1 aromatic carbocycles. The van der Waals surface area contributed by atoms with Crippen LogP contribution < -0.4 is 0 Å². The van der Waals surface area contributed by atoms with E-state index >= 15 is 0 Å². The Bertz CT molecular complexity index is 1150. The summed E-state index contributed by atoms with van der Waals surface area (Å²) in [6.07, 6.45) is 3.42. The lowest BCUT2D eigenvalue weighted by atomic mass is 10.1. The van der Waals surface area contributed by atoms with Gasteiger partial charge in [-0.1, -0.05) is 36.4 Å². The molecular formula is C23H24N6O. The third kappa shape index (κ3) is 4.00. The Balaban J connectivity index is 1.64. The number of nitrogens with zero attached hydrogens (tertiary/aromatic N) is 5. The Morgan fingerprint density at radius 3 is 2.47 bits per heavy atom. The van der Waals surface area contributed by atoms with Crippen molar-refractivity contribution in [3.8, 4) is 11.4 Å². The highest BCUT2D eigenvalue weighted by Crippen LogP contribution is 2.20. The molecule has 0 spiro atoms. The average molecular weight is 400 g/mol. The molecule has 1 N–H and O–H groups in total. The number of benzene rings is 1. The second-order valence-electron chi connectivity index (χ2n) is 7.27. The number of aromatic amines is 1. The minimum absolute atomic E-state index is 0.130. The Morgan fingerprint density at radius 1 is 1.03 bits per heavy atom. The molecule has 3 aromatic heterocycles. The highest BCUT2D eigenvalue weighted by Gasteiger charge is 2.22. The Hall–Kier alpha value is -3.74. The Labute approximate surface area is 175 Å². The third-order valence-corrected chi connectivity index (χ3v) is 5.22. The second-order valence-corrected chi connectivity index (χ2v) is 7.27. The number of nitrogens with one attached hydrogen (secondary N) is 1. The number of hydrogen-bond acceptors (Lipinski definition) is 4. The van der Waals surface area contributed by atoms with Crippen molar-refractivity contribution in [1.82, 2.24) is 29.6 Å². The molecule has 0 aliphatic carbocycles. The van der Waals surface area contributed by atoms with Gasteiger partial charge in [-0.25, -0.2) is 4.98 Å². The average Bonchev–Trinajstić information content (AvgIpc) is 3.34. The van der Waals surface area contributed by atoms with Gasteiger partial charge in [-0.3, -0.25) is 14.5 Å². The van der Waals surface area contributed by atoms with Crippen molar-refractivity contribution in [1.29, 1.82) is 0 Å². The van der Waals surface area contributed by atoms with Crippen LogP contribution in [-0.2, 0) is 20.1 Å². The lowest BCUT2D eigenvalue weighted by molar-refractivity contribution is 0.0721. The summed E-state index contributed by atoms with van der Waals surface area (Å²) in [6.45, 7) is 4.82. The molecule has 152 valence electrons. The van der Waals surface area contributed by atoms with Crippen LogP contribution in [0.2, 0.25) is 0 Å². The van der Waals surface area contributed by atoms with E-state index in [9.17, 15) is 4.79 Å². The number of carbonyl (C=O) groups is 1. The first-order valence-corrected chi connectivity index (χ1v) is 9.81. The standard InChI is InChI=1S/C23H24N6O/c1-16-20(17(2)28(3)27-16)15-29(23(30)21-11-7-8-12-24-21)14-19-13-25-22(26-19)18-9-5-4-6-10-18/h4-13H,14-15H2,1-3H3,(H,25,26). The zero-order chi connectivity index (χ0) is 21.1. The summed E-state index contributed by atoms with van der Waals surface area (Å²) in [6, 6.07) is 15.3. The fourth-order valence-electron chi connectivity index (χ4n) is 3.48. The van der Waals surface area contributed by atoms with Gasteiger partial charge in [0.2, 0.25) is 0 Å². The van der Waals surface area contributed by atoms with Crippen molar-refractivity contribution in [3.05, 3.63) is 89.3 Å². The van der Waals surface area contributed by atoms with E-state index in [1.807, 2.05) is 62.0 Å². The van der Waals surface area contributed by atoms with Crippen molar-refractivity contribution in [2.75, 3.05) is 0 Å². The van der Waals surface area contributed by atoms with Gasteiger partial charge in [-0.2, -0.15) is 5.10 Å². The lowest BCUT2D eigenvalue weighted by Crippen LogP contribution is -2.31. The molecule has 0 aliphatic heterocycles. The van der Waals surface area contributed by atoms with Gasteiger partial charge in [0.25, 0.3) is 5.91 Å². The van der Waals surface area contributed by atoms with Gasteiger partial charge in [0.1, 0.15) is 11.5 Å². The molecule has 0 atom stereocenters. The third-order valence-electron chi connectivity index (χ3n) is 5.22. The number of aromatic nitrogens is 5. The van der Waals surface area contributed by atoms with E-state index in [2.05, 4.69) is 20.1 Å². The van der Waals surface area contributed by atoms with Gasteiger partial charge in [0.05, 0.1) is 30.7 Å². The van der Waals surface area contributed by atoms with E-state index in [0.717, 1.165) is 34.0 Å². The largest absolute Gasteiger partial charge is 0.340 e. The molecule has 0 saturated heterocycles. The first-order valence-electron chi connectivity index (χ1n) is 9.81. The van der Waals surface area contributed by atoms with E-state index in [1.54, 1.807) is 29.4 Å². The molecule has 7 heteroatoms. The number of H-pyrrole nitrogens is 1. The van der Waals surface area contributed by atoms with Crippen LogP contribution in [-0.4, -0.2) is 35.5 Å². The summed E-state index contributed by atoms with van der Waals surface area (Å²) >= 11 is 0. The molecule has 0 aliphatic rings. The Kier molecular flexibility index (Phi) is 5.43. The highest BCUT2D eigenvalue weighted by molar-refractivity contribution is 5.92. The van der Waals surface area contributed by atoms with E-state index in [4.69, 9.17) is 0 Å². The minimum Gasteiger partial charge on any atom is -0.340 e. The molecule has 3 heterocycles. The first-order chi connectivity index (χ1) is 14.5. The Morgan fingerprint density at radius 2 is 1.80 bits per heavy atom. The number of rotatable bonds is 6. The minimum atomic E-state index is -0.130. The molecule has 4 rings (SSSR count). The number of pyridine rings is 1. The maximum atomic E-state index is 13.3. The summed E-state index contributed by atoms with van der Waals surface area (Å²) in [5, 5.41) is 4.49. The number of aryl methyl sites for hydroxylation is 2. The molecule has 0 saturated carbocycles. The molecule has 0 unspecified atom stereocenters. The summed E-state index contributed by atoms with van der Waals surface area (Å²) in [5.74, 6) is 0.652. The molecule has 0 fully saturated rings. The lowest BCUT2D eigenvalue weighted by Gasteiger charge is -2.22. The SMILES string of the molecule is Cc1nn(C)c(C)c1CN(Cc1cnc(-c2ccccc2)[nH]1)C(=O)c1ccccn1. The summed E-state index contributed by atoms with van der Waals surface area (Å²) < 4.78 is 1.85. The second kappa shape index (κ2) is 8.32. The zero-order valence-electron chi connectivity index (χ0n) is 17.3. The van der Waals surface area contributed by atoms with Crippen LogP contribution in [0.3, 0.4) is 0 Å². The fraction of sp³-hybridized carbons (Fsp3) is 0.217. The molecular weight excluding hydrogens is 376 g/mol. The van der Waals surface area contributed by atoms with E-state index < -0.39 is 0 Å². The van der Waals surface area contributed by atoms with Crippen molar-refractivity contribution in [2.45, 2.75) is 26.9 Å². The van der Waals surface area contributed by atoms with Gasteiger partial charge < -0.3 is 9.88 Å². The first kappa shape index (κ1) is 19.6. The van der Waals surface area contributed by atoms with E-state index in [0.29, 0.717) is 18.8 Å². The highest BCUT2D eigenvalue weighted by atomic mass is 16.2. The van der Waals surface area contributed by atoms with Crippen LogP contribution in [0, 0.1) is 13.8 Å². The summed E-state index contributed by atoms with van der Waals surface area (Å²) in [5.41, 5.74) is 5.29. The fourth-order valence-corrected chi connectivity index (χ4v) is 3.48. The van der Waals surface area contributed by atoms with Crippen molar-refractivity contribution >= 4 is 5.91 Å². The van der Waals surface area contributed by atoms with Crippen LogP contribution in [0.25, 0.3) is 11.4 Å². The monoisotopic (exact) mass is 400 g/mol. The molecule has 30 heavy (non-hydrogen) atoms. The maximum Gasteiger partial charge on any atom is 0.273 e. The molecule has 7 nitrogen and oxygen atoms in total. The van der Waals surface area contributed by atoms with Crippen molar-refractivity contribution < 1.29 is 4.79 Å². The van der Waals surface area contributed by atoms with Crippen LogP contribution >= 0.6 is 0 Å². The van der Waals surface area contributed by atoms with E-state index in [1.165, 1.54) is 0 Å². The van der Waals surface area contributed by atoms with Crippen LogP contribution in [0.5, 0.6) is 0 Å². The molecule has 0 bridgehead atoms. The number of carbonyl (C=O) groups excluding carboxylic acids is 1. The zero-order valence-corrected chi connectivity index (χ0v) is 17.3. The number of amides is 1. The predicted molar refractivity (Wildman–Crippen MR) is 115 cm³/mol. The van der Waals surface area contributed by atoms with Gasteiger partial charge in [-0.05, 0) is 26.0 Å². The van der Waals surface area contributed by atoms with Crippen LogP contribution in [0.4, 0.5) is 0 Å².